The van der Waals surface area contributed by atoms with Gasteiger partial charge in [-0.15, -0.1) is 0 Å². The Bertz CT molecular complexity index is 1600. The molecule has 1 aliphatic rings. The zero-order chi connectivity index (χ0) is 26.3. The van der Waals surface area contributed by atoms with Gasteiger partial charge in [0.05, 0.1) is 11.2 Å². The lowest BCUT2D eigenvalue weighted by Gasteiger charge is -2.09. The number of nitrogens with zero attached hydrogens (tertiary/aromatic N) is 3. The molecule has 0 radical (unpaired) electrons. The van der Waals surface area contributed by atoms with E-state index in [0.29, 0.717) is 29.0 Å². The lowest BCUT2D eigenvalue weighted by Crippen LogP contribution is -2.21. The Morgan fingerprint density at radius 2 is 1.65 bits per heavy atom. The minimum absolute atomic E-state index is 0.0397. The van der Waals surface area contributed by atoms with Gasteiger partial charge in [0.25, 0.3) is 17.7 Å². The number of carbonyl (C=O) groups excluding carboxylic acids is 3. The van der Waals surface area contributed by atoms with Crippen LogP contribution in [0.1, 0.15) is 39.0 Å². The van der Waals surface area contributed by atoms with Crippen molar-refractivity contribution >= 4 is 34.5 Å². The molecule has 0 atom stereocenters. The molecule has 186 valence electrons. The second kappa shape index (κ2) is 9.39. The molecule has 4 aromatic rings. The summed E-state index contributed by atoms with van der Waals surface area (Å²) >= 11 is 0. The minimum Gasteiger partial charge on any atom is -0.355 e. The van der Waals surface area contributed by atoms with E-state index < -0.39 is 0 Å². The number of aryl methyl sites for hydroxylation is 1. The van der Waals surface area contributed by atoms with E-state index in [9.17, 15) is 14.4 Å². The highest BCUT2D eigenvalue weighted by molar-refractivity contribution is 6.22. The van der Waals surface area contributed by atoms with E-state index in [4.69, 9.17) is 0 Å². The van der Waals surface area contributed by atoms with Crippen LogP contribution in [0.3, 0.4) is 0 Å². The van der Waals surface area contributed by atoms with Crippen molar-refractivity contribution in [2.75, 3.05) is 26.0 Å². The van der Waals surface area contributed by atoms with Crippen molar-refractivity contribution in [2.24, 2.45) is 0 Å². The Morgan fingerprint density at radius 1 is 0.919 bits per heavy atom. The number of nitrogens with one attached hydrogen (secondary N) is 2. The third kappa shape index (κ3) is 4.49. The van der Waals surface area contributed by atoms with Crippen molar-refractivity contribution in [3.05, 3.63) is 95.1 Å². The van der Waals surface area contributed by atoms with E-state index in [1.54, 1.807) is 36.2 Å². The van der Waals surface area contributed by atoms with Gasteiger partial charge in [0.1, 0.15) is 0 Å². The molecule has 8 nitrogen and oxygen atoms in total. The fourth-order valence-electron chi connectivity index (χ4n) is 4.72. The van der Waals surface area contributed by atoms with Crippen molar-refractivity contribution in [1.82, 2.24) is 19.6 Å². The van der Waals surface area contributed by atoms with Crippen molar-refractivity contribution in [3.8, 4) is 11.1 Å². The van der Waals surface area contributed by atoms with Crippen LogP contribution in [0.2, 0.25) is 0 Å². The Labute approximate surface area is 214 Å². The Hall–Kier alpha value is -4.72. The molecule has 0 spiro atoms. The third-order valence-corrected chi connectivity index (χ3v) is 6.50. The molecule has 8 heteroatoms. The lowest BCUT2D eigenvalue weighted by molar-refractivity contribution is -0.122. The van der Waals surface area contributed by atoms with E-state index in [0.717, 1.165) is 27.8 Å². The maximum absolute atomic E-state index is 13.2. The first-order valence-electron chi connectivity index (χ1n) is 11.9. The average Bonchev–Trinajstić information content (AvgIpc) is 3.42. The fourth-order valence-corrected chi connectivity index (χ4v) is 4.72. The highest BCUT2D eigenvalue weighted by Crippen LogP contribution is 2.30. The normalized spacial score (nSPS) is 13.4. The first-order chi connectivity index (χ1) is 17.7. The first kappa shape index (κ1) is 24.0. The molecular weight excluding hydrogens is 466 g/mol. The largest absolute Gasteiger partial charge is 0.355 e. The van der Waals surface area contributed by atoms with Gasteiger partial charge in [-0.1, -0.05) is 30.3 Å². The topological polar surface area (TPSA) is 95.8 Å². The van der Waals surface area contributed by atoms with Crippen LogP contribution in [-0.4, -0.2) is 52.6 Å². The standard InChI is InChI=1S/C29H27N5O3/c1-17-14-33(4)29(37)25(17)20-10-8-19(9-11-20)22-13-24-26(31-18(2)15-34(24)16-22)28(36)32-23-7-5-6-21(12-23)27(35)30-3/h5-13,15-16H,14H2,1-4H3,(H,30,35)(H,32,36). The zero-order valence-electron chi connectivity index (χ0n) is 21.1. The molecule has 1 aliphatic heterocycles. The predicted octanol–water partition coefficient (Wildman–Crippen LogP) is 4.17. The second-order valence-electron chi connectivity index (χ2n) is 9.26. The van der Waals surface area contributed by atoms with E-state index in [1.165, 1.54) is 0 Å². The van der Waals surface area contributed by atoms with Crippen molar-refractivity contribution in [3.63, 3.8) is 0 Å². The third-order valence-electron chi connectivity index (χ3n) is 6.50. The van der Waals surface area contributed by atoms with Crippen LogP contribution in [0.4, 0.5) is 5.69 Å². The number of hydrogen-bond acceptors (Lipinski definition) is 4. The quantitative estimate of drug-likeness (QED) is 0.436. The SMILES string of the molecule is CNC(=O)c1cccc(NC(=O)c2nc(C)cn3cc(-c4ccc(C5=C(C)CN(C)C5=O)cc4)cc23)c1. The number of anilines is 1. The summed E-state index contributed by atoms with van der Waals surface area (Å²) in [5, 5.41) is 5.44. The number of rotatable bonds is 5. The Morgan fingerprint density at radius 3 is 2.32 bits per heavy atom. The summed E-state index contributed by atoms with van der Waals surface area (Å²) in [5.41, 5.74) is 7.21. The number of benzene rings is 2. The van der Waals surface area contributed by atoms with Crippen LogP contribution < -0.4 is 10.6 Å². The molecule has 0 fully saturated rings. The van der Waals surface area contributed by atoms with Gasteiger partial charge in [0, 0.05) is 55.4 Å². The van der Waals surface area contributed by atoms with E-state index >= 15 is 0 Å². The number of carbonyl (C=O) groups is 3. The summed E-state index contributed by atoms with van der Waals surface area (Å²) in [6.07, 6.45) is 3.83. The average molecular weight is 494 g/mol. The van der Waals surface area contributed by atoms with Crippen LogP contribution in [0.15, 0.2) is 72.6 Å². The smallest absolute Gasteiger partial charge is 0.276 e. The van der Waals surface area contributed by atoms with Gasteiger partial charge in [0.2, 0.25) is 0 Å². The van der Waals surface area contributed by atoms with Crippen molar-refractivity contribution in [1.29, 1.82) is 0 Å². The molecule has 2 aromatic carbocycles. The van der Waals surface area contributed by atoms with E-state index in [2.05, 4.69) is 15.6 Å². The summed E-state index contributed by atoms with van der Waals surface area (Å²) in [6.45, 7) is 4.47. The summed E-state index contributed by atoms with van der Waals surface area (Å²) in [5.74, 6) is -0.558. The molecule has 2 N–H and O–H groups in total. The van der Waals surface area contributed by atoms with Gasteiger partial charge in [-0.3, -0.25) is 14.4 Å². The molecule has 3 heterocycles. The van der Waals surface area contributed by atoms with Crippen molar-refractivity contribution < 1.29 is 14.4 Å². The van der Waals surface area contributed by atoms with Gasteiger partial charge < -0.3 is 19.9 Å². The molecule has 0 saturated carbocycles. The highest BCUT2D eigenvalue weighted by atomic mass is 16.2. The van der Waals surface area contributed by atoms with Crippen LogP contribution in [-0.2, 0) is 4.79 Å². The lowest BCUT2D eigenvalue weighted by atomic mass is 9.99. The zero-order valence-corrected chi connectivity index (χ0v) is 21.1. The van der Waals surface area contributed by atoms with Gasteiger partial charge in [-0.25, -0.2) is 4.98 Å². The second-order valence-corrected chi connectivity index (χ2v) is 9.26. The van der Waals surface area contributed by atoms with E-state index in [-0.39, 0.29) is 23.4 Å². The molecule has 0 saturated heterocycles. The Kier molecular flexibility index (Phi) is 6.09. The van der Waals surface area contributed by atoms with Gasteiger partial charge in [0.15, 0.2) is 5.69 Å². The fraction of sp³-hybridized carbons (Fsp3) is 0.172. The van der Waals surface area contributed by atoms with Gasteiger partial charge >= 0.3 is 0 Å². The summed E-state index contributed by atoms with van der Waals surface area (Å²) in [4.78, 5) is 43.9. The summed E-state index contributed by atoms with van der Waals surface area (Å²) in [7, 11) is 3.37. The number of fused-ring (bicyclic) bond motifs is 1. The monoisotopic (exact) mass is 493 g/mol. The first-order valence-corrected chi connectivity index (χ1v) is 11.9. The molecule has 0 unspecified atom stereocenters. The number of likely N-dealkylation sites (N-methyl/N-ethyl adjacent to an activating group) is 1. The van der Waals surface area contributed by atoms with Crippen LogP contribution in [0.5, 0.6) is 0 Å². The van der Waals surface area contributed by atoms with E-state index in [1.807, 2.05) is 68.0 Å². The maximum atomic E-state index is 13.2. The highest BCUT2D eigenvalue weighted by Gasteiger charge is 2.26. The van der Waals surface area contributed by atoms with Gasteiger partial charge in [-0.2, -0.15) is 0 Å². The number of amides is 3. The molecule has 5 rings (SSSR count). The molecule has 3 amide bonds. The molecular formula is C29H27N5O3. The number of hydrogen-bond donors (Lipinski definition) is 2. The molecule has 37 heavy (non-hydrogen) atoms. The van der Waals surface area contributed by atoms with Crippen LogP contribution >= 0.6 is 0 Å². The van der Waals surface area contributed by atoms with Gasteiger partial charge in [-0.05, 0) is 54.8 Å². The van der Waals surface area contributed by atoms with Crippen LogP contribution in [0, 0.1) is 6.92 Å². The Balaban J connectivity index is 1.46. The maximum Gasteiger partial charge on any atom is 0.276 e. The summed E-state index contributed by atoms with van der Waals surface area (Å²) < 4.78 is 1.89. The molecule has 0 bridgehead atoms. The van der Waals surface area contributed by atoms with Crippen molar-refractivity contribution in [2.45, 2.75) is 13.8 Å². The van der Waals surface area contributed by atoms with Crippen LogP contribution in [0.25, 0.3) is 22.2 Å². The summed E-state index contributed by atoms with van der Waals surface area (Å²) in [6, 6.07) is 16.6. The predicted molar refractivity (Wildman–Crippen MR) is 143 cm³/mol. The molecule has 0 aliphatic carbocycles. The number of aromatic nitrogens is 2. The molecule has 2 aromatic heterocycles. The minimum atomic E-state index is -0.367.